The molecule has 2 rings (SSSR count). The van der Waals surface area contributed by atoms with Crippen molar-refractivity contribution in [2.45, 2.75) is 11.4 Å². The Labute approximate surface area is 127 Å². The summed E-state index contributed by atoms with van der Waals surface area (Å²) in [6, 6.07) is 6.87. The molecule has 0 bridgehead atoms. The predicted octanol–water partition coefficient (Wildman–Crippen LogP) is 3.57. The smallest absolute Gasteiger partial charge is 0.212 e. The van der Waals surface area contributed by atoms with Gasteiger partial charge >= 0.3 is 0 Å². The molecule has 0 aliphatic carbocycles. The SMILES string of the molecule is COc1cc(CNc2ccc(F)nc2)c(SC)cc1OC. The van der Waals surface area contributed by atoms with Gasteiger partial charge in [0.05, 0.1) is 26.1 Å². The Hall–Kier alpha value is -1.95. The fourth-order valence-electron chi connectivity index (χ4n) is 1.91. The third kappa shape index (κ3) is 3.78. The van der Waals surface area contributed by atoms with Gasteiger partial charge in [-0.05, 0) is 36.1 Å². The summed E-state index contributed by atoms with van der Waals surface area (Å²) in [5.41, 5.74) is 1.84. The van der Waals surface area contributed by atoms with Crippen LogP contribution in [0.15, 0.2) is 35.4 Å². The number of halogens is 1. The Bertz CT molecular complexity index is 605. The van der Waals surface area contributed by atoms with Crippen LogP contribution in [0.5, 0.6) is 11.5 Å². The van der Waals surface area contributed by atoms with Crippen LogP contribution < -0.4 is 14.8 Å². The summed E-state index contributed by atoms with van der Waals surface area (Å²) in [4.78, 5) is 4.71. The second-order valence-electron chi connectivity index (χ2n) is 4.24. The molecule has 0 saturated carbocycles. The molecule has 0 aliphatic rings. The molecule has 4 nitrogen and oxygen atoms in total. The predicted molar refractivity (Wildman–Crippen MR) is 82.8 cm³/mol. The Balaban J connectivity index is 2.20. The highest BCUT2D eigenvalue weighted by Crippen LogP contribution is 2.34. The number of benzene rings is 1. The van der Waals surface area contributed by atoms with E-state index in [0.29, 0.717) is 18.0 Å². The lowest BCUT2D eigenvalue weighted by atomic mass is 10.2. The second-order valence-corrected chi connectivity index (χ2v) is 5.09. The monoisotopic (exact) mass is 308 g/mol. The van der Waals surface area contributed by atoms with Gasteiger partial charge in [-0.1, -0.05) is 0 Å². The highest BCUT2D eigenvalue weighted by Gasteiger charge is 2.10. The van der Waals surface area contributed by atoms with Gasteiger partial charge in [-0.25, -0.2) is 4.98 Å². The number of pyridine rings is 1. The number of nitrogens with zero attached hydrogens (tertiary/aromatic N) is 1. The number of methoxy groups -OCH3 is 2. The Morgan fingerprint density at radius 2 is 1.90 bits per heavy atom. The van der Waals surface area contributed by atoms with E-state index >= 15 is 0 Å². The molecule has 1 N–H and O–H groups in total. The van der Waals surface area contributed by atoms with Crippen molar-refractivity contribution < 1.29 is 13.9 Å². The van der Waals surface area contributed by atoms with E-state index in [-0.39, 0.29) is 0 Å². The van der Waals surface area contributed by atoms with Gasteiger partial charge in [0.15, 0.2) is 11.5 Å². The van der Waals surface area contributed by atoms with Crippen molar-refractivity contribution in [1.82, 2.24) is 4.98 Å². The van der Waals surface area contributed by atoms with Crippen LogP contribution in [0.4, 0.5) is 10.1 Å². The average molecular weight is 308 g/mol. The molecule has 21 heavy (non-hydrogen) atoms. The average Bonchev–Trinajstić information content (AvgIpc) is 2.53. The molecular weight excluding hydrogens is 291 g/mol. The molecule has 0 spiro atoms. The molecule has 6 heteroatoms. The minimum absolute atomic E-state index is 0.489. The first kappa shape index (κ1) is 15.4. The molecule has 112 valence electrons. The van der Waals surface area contributed by atoms with Gasteiger partial charge in [0.25, 0.3) is 0 Å². The third-order valence-corrected chi connectivity index (χ3v) is 3.82. The normalized spacial score (nSPS) is 10.3. The maximum atomic E-state index is 12.8. The number of nitrogens with one attached hydrogen (secondary N) is 1. The van der Waals surface area contributed by atoms with Crippen LogP contribution in [0.3, 0.4) is 0 Å². The van der Waals surface area contributed by atoms with E-state index in [9.17, 15) is 4.39 Å². The number of hydrogen-bond acceptors (Lipinski definition) is 5. The summed E-state index contributed by atoms with van der Waals surface area (Å²) < 4.78 is 23.4. The Morgan fingerprint density at radius 1 is 1.19 bits per heavy atom. The van der Waals surface area contributed by atoms with E-state index in [0.717, 1.165) is 16.1 Å². The zero-order chi connectivity index (χ0) is 15.2. The molecule has 0 amide bonds. The molecule has 1 aromatic heterocycles. The lowest BCUT2D eigenvalue weighted by Crippen LogP contribution is -2.03. The summed E-state index contributed by atoms with van der Waals surface area (Å²) in [6.45, 7) is 0.587. The van der Waals surface area contributed by atoms with Crippen molar-refractivity contribution >= 4 is 17.4 Å². The van der Waals surface area contributed by atoms with Crippen LogP contribution in [0.25, 0.3) is 0 Å². The van der Waals surface area contributed by atoms with E-state index in [1.807, 2.05) is 18.4 Å². The van der Waals surface area contributed by atoms with Gasteiger partial charge in [0.1, 0.15) is 0 Å². The molecule has 0 radical (unpaired) electrons. The molecule has 2 aromatic rings. The molecule has 0 saturated heterocycles. The molecular formula is C15H17FN2O2S. The van der Waals surface area contributed by atoms with Crippen LogP contribution in [-0.2, 0) is 6.54 Å². The fraction of sp³-hybridized carbons (Fsp3) is 0.267. The lowest BCUT2D eigenvalue weighted by molar-refractivity contribution is 0.353. The van der Waals surface area contributed by atoms with Crippen molar-refractivity contribution in [2.75, 3.05) is 25.8 Å². The first-order valence-electron chi connectivity index (χ1n) is 6.32. The van der Waals surface area contributed by atoms with E-state index in [1.165, 1.54) is 12.3 Å². The molecule has 0 aliphatic heterocycles. The van der Waals surface area contributed by atoms with Crippen LogP contribution in [-0.4, -0.2) is 25.5 Å². The highest BCUT2D eigenvalue weighted by molar-refractivity contribution is 7.98. The minimum Gasteiger partial charge on any atom is -0.493 e. The van der Waals surface area contributed by atoms with Crippen LogP contribution >= 0.6 is 11.8 Å². The van der Waals surface area contributed by atoms with E-state index in [1.54, 1.807) is 32.0 Å². The lowest BCUT2D eigenvalue weighted by Gasteiger charge is -2.14. The Kier molecular flexibility index (Phi) is 5.27. The minimum atomic E-state index is -0.489. The zero-order valence-electron chi connectivity index (χ0n) is 12.1. The number of anilines is 1. The quantitative estimate of drug-likeness (QED) is 0.653. The third-order valence-electron chi connectivity index (χ3n) is 3.00. The topological polar surface area (TPSA) is 43.4 Å². The van der Waals surface area contributed by atoms with Crippen LogP contribution in [0, 0.1) is 5.95 Å². The maximum absolute atomic E-state index is 12.8. The van der Waals surface area contributed by atoms with Crippen molar-refractivity contribution in [2.24, 2.45) is 0 Å². The molecule has 0 fully saturated rings. The largest absolute Gasteiger partial charge is 0.493 e. The summed E-state index contributed by atoms with van der Waals surface area (Å²) in [7, 11) is 3.22. The van der Waals surface area contributed by atoms with Crippen molar-refractivity contribution in [3.63, 3.8) is 0 Å². The van der Waals surface area contributed by atoms with Crippen molar-refractivity contribution in [3.05, 3.63) is 42.0 Å². The van der Waals surface area contributed by atoms with Gasteiger partial charge in [-0.3, -0.25) is 0 Å². The number of rotatable bonds is 6. The Morgan fingerprint density at radius 3 is 2.48 bits per heavy atom. The van der Waals surface area contributed by atoms with Gasteiger partial charge in [-0.2, -0.15) is 4.39 Å². The second kappa shape index (κ2) is 7.17. The molecule has 0 atom stereocenters. The van der Waals surface area contributed by atoms with Crippen molar-refractivity contribution in [1.29, 1.82) is 0 Å². The van der Waals surface area contributed by atoms with E-state index in [4.69, 9.17) is 9.47 Å². The number of thioether (sulfide) groups is 1. The summed E-state index contributed by atoms with van der Waals surface area (Å²) in [5, 5.41) is 3.21. The van der Waals surface area contributed by atoms with E-state index in [2.05, 4.69) is 10.3 Å². The first-order valence-corrected chi connectivity index (χ1v) is 7.54. The standard InChI is InChI=1S/C15H17FN2O2S/c1-19-12-6-10(14(21-3)7-13(12)20-2)8-17-11-4-5-15(16)18-9-11/h4-7,9,17H,8H2,1-3H3. The van der Waals surface area contributed by atoms with Crippen LogP contribution in [0.2, 0.25) is 0 Å². The highest BCUT2D eigenvalue weighted by atomic mass is 32.2. The summed E-state index contributed by atoms with van der Waals surface area (Å²) in [6.07, 6.45) is 3.47. The zero-order valence-corrected chi connectivity index (χ0v) is 13.0. The maximum Gasteiger partial charge on any atom is 0.212 e. The fourth-order valence-corrected chi connectivity index (χ4v) is 2.53. The van der Waals surface area contributed by atoms with Gasteiger partial charge < -0.3 is 14.8 Å². The molecule has 1 heterocycles. The summed E-state index contributed by atoms with van der Waals surface area (Å²) >= 11 is 1.63. The van der Waals surface area contributed by atoms with Crippen molar-refractivity contribution in [3.8, 4) is 11.5 Å². The number of aromatic nitrogens is 1. The van der Waals surface area contributed by atoms with Gasteiger partial charge in [0.2, 0.25) is 5.95 Å². The summed E-state index contributed by atoms with van der Waals surface area (Å²) in [5.74, 6) is 0.898. The number of ether oxygens (including phenoxy) is 2. The van der Waals surface area contributed by atoms with Crippen LogP contribution in [0.1, 0.15) is 5.56 Å². The van der Waals surface area contributed by atoms with Gasteiger partial charge in [0, 0.05) is 11.4 Å². The van der Waals surface area contributed by atoms with Gasteiger partial charge in [-0.15, -0.1) is 11.8 Å². The molecule has 1 aromatic carbocycles. The molecule has 0 unspecified atom stereocenters. The van der Waals surface area contributed by atoms with E-state index < -0.39 is 5.95 Å². The first-order chi connectivity index (χ1) is 10.2. The number of hydrogen-bond donors (Lipinski definition) is 1.